The van der Waals surface area contributed by atoms with E-state index in [0.29, 0.717) is 33.7 Å². The van der Waals surface area contributed by atoms with Crippen molar-refractivity contribution in [2.24, 2.45) is 0 Å². The zero-order valence-corrected chi connectivity index (χ0v) is 15.8. The van der Waals surface area contributed by atoms with Gasteiger partial charge in [-0.05, 0) is 44.5 Å². The van der Waals surface area contributed by atoms with Crippen molar-refractivity contribution in [2.75, 3.05) is 6.54 Å². The van der Waals surface area contributed by atoms with Gasteiger partial charge in [-0.1, -0.05) is 22.4 Å². The number of halogens is 3. The molecule has 1 saturated heterocycles. The molecule has 7 nitrogen and oxygen atoms in total. The molecule has 10 heteroatoms. The second-order valence-electron chi connectivity index (χ2n) is 7.19. The molecular formula is C20H16F3N5O2. The van der Waals surface area contributed by atoms with E-state index in [1.807, 2.05) is 0 Å². The van der Waals surface area contributed by atoms with Gasteiger partial charge in [-0.25, -0.2) is 4.98 Å². The molecule has 1 aliphatic rings. The molecule has 0 radical (unpaired) electrons. The first-order valence-electron chi connectivity index (χ1n) is 9.42. The molecule has 1 unspecified atom stereocenters. The van der Waals surface area contributed by atoms with Crippen molar-refractivity contribution in [3.8, 4) is 22.7 Å². The minimum Gasteiger partial charge on any atom is -0.335 e. The van der Waals surface area contributed by atoms with Crippen molar-refractivity contribution in [1.82, 2.24) is 25.6 Å². The van der Waals surface area contributed by atoms with Crippen molar-refractivity contribution in [3.63, 3.8) is 0 Å². The molecule has 1 aliphatic heterocycles. The van der Waals surface area contributed by atoms with E-state index in [4.69, 9.17) is 9.05 Å². The van der Waals surface area contributed by atoms with Crippen LogP contribution in [0.5, 0.6) is 0 Å². The Morgan fingerprint density at radius 1 is 1.10 bits per heavy atom. The van der Waals surface area contributed by atoms with Crippen molar-refractivity contribution >= 4 is 11.1 Å². The lowest BCUT2D eigenvalue weighted by molar-refractivity contribution is -0.137. The number of alkyl halides is 3. The summed E-state index contributed by atoms with van der Waals surface area (Å²) in [5.41, 5.74) is 1.10. The van der Waals surface area contributed by atoms with Gasteiger partial charge in [0, 0.05) is 5.56 Å². The summed E-state index contributed by atoms with van der Waals surface area (Å²) in [6, 6.07) is 6.60. The van der Waals surface area contributed by atoms with Crippen LogP contribution in [0.3, 0.4) is 0 Å². The Labute approximate surface area is 168 Å². The first-order chi connectivity index (χ1) is 14.4. The van der Waals surface area contributed by atoms with Crippen LogP contribution in [-0.2, 0) is 6.18 Å². The fourth-order valence-electron chi connectivity index (χ4n) is 3.66. The molecule has 154 valence electrons. The topological polar surface area (TPSA) is 89.9 Å². The summed E-state index contributed by atoms with van der Waals surface area (Å²) in [4.78, 5) is 8.87. The second kappa shape index (κ2) is 6.91. The predicted molar refractivity (Wildman–Crippen MR) is 100 cm³/mol. The maximum absolute atomic E-state index is 13.1. The Balaban J connectivity index is 1.65. The van der Waals surface area contributed by atoms with Gasteiger partial charge < -0.3 is 14.4 Å². The van der Waals surface area contributed by atoms with Gasteiger partial charge in [0.15, 0.2) is 5.82 Å². The number of aromatic nitrogens is 4. The van der Waals surface area contributed by atoms with Crippen LogP contribution in [0, 0.1) is 6.92 Å². The van der Waals surface area contributed by atoms with Crippen molar-refractivity contribution in [1.29, 1.82) is 0 Å². The van der Waals surface area contributed by atoms with Crippen LogP contribution in [0.2, 0.25) is 0 Å². The summed E-state index contributed by atoms with van der Waals surface area (Å²) in [6.07, 6.45) is -2.52. The Bertz CT molecular complexity index is 1220. The molecule has 1 fully saturated rings. The first-order valence-corrected chi connectivity index (χ1v) is 9.42. The zero-order valence-electron chi connectivity index (χ0n) is 15.8. The van der Waals surface area contributed by atoms with Gasteiger partial charge in [0.2, 0.25) is 0 Å². The fourth-order valence-corrected chi connectivity index (χ4v) is 3.66. The average Bonchev–Trinajstić information content (AvgIpc) is 3.48. The molecule has 3 aromatic heterocycles. The van der Waals surface area contributed by atoms with Crippen LogP contribution in [0.25, 0.3) is 33.8 Å². The number of benzene rings is 1. The summed E-state index contributed by atoms with van der Waals surface area (Å²) in [6.45, 7) is 2.63. The van der Waals surface area contributed by atoms with Gasteiger partial charge >= 0.3 is 6.18 Å². The monoisotopic (exact) mass is 415 g/mol. The first kappa shape index (κ1) is 18.7. The van der Waals surface area contributed by atoms with Crippen LogP contribution in [0.1, 0.15) is 36.0 Å². The Morgan fingerprint density at radius 3 is 2.73 bits per heavy atom. The highest BCUT2D eigenvalue weighted by Gasteiger charge is 2.31. The molecule has 1 N–H and O–H groups in total. The average molecular weight is 415 g/mol. The van der Waals surface area contributed by atoms with Gasteiger partial charge in [-0.3, -0.25) is 0 Å². The third kappa shape index (κ3) is 3.22. The minimum atomic E-state index is -4.46. The van der Waals surface area contributed by atoms with Crippen LogP contribution in [-0.4, -0.2) is 26.8 Å². The van der Waals surface area contributed by atoms with E-state index in [-0.39, 0.29) is 17.6 Å². The Morgan fingerprint density at radius 2 is 1.97 bits per heavy atom. The van der Waals surface area contributed by atoms with Crippen molar-refractivity contribution in [2.45, 2.75) is 32.0 Å². The molecule has 0 amide bonds. The molecule has 4 aromatic rings. The molecule has 1 aromatic carbocycles. The van der Waals surface area contributed by atoms with Gasteiger partial charge in [-0.2, -0.15) is 18.2 Å². The molecule has 4 heterocycles. The van der Waals surface area contributed by atoms with Gasteiger partial charge in [0.25, 0.3) is 11.6 Å². The normalized spacial score (nSPS) is 17.1. The quantitative estimate of drug-likeness (QED) is 0.519. The molecule has 5 rings (SSSR count). The summed E-state index contributed by atoms with van der Waals surface area (Å²) in [5, 5.41) is 11.9. The summed E-state index contributed by atoms with van der Waals surface area (Å²) < 4.78 is 50.2. The van der Waals surface area contributed by atoms with E-state index >= 15 is 0 Å². The van der Waals surface area contributed by atoms with E-state index in [0.717, 1.165) is 31.5 Å². The number of nitrogens with zero attached hydrogens (tertiary/aromatic N) is 4. The maximum Gasteiger partial charge on any atom is 0.416 e. The predicted octanol–water partition coefficient (Wildman–Crippen LogP) is 4.69. The second-order valence-corrected chi connectivity index (χ2v) is 7.19. The van der Waals surface area contributed by atoms with Gasteiger partial charge in [0.1, 0.15) is 0 Å². The molecular weight excluding hydrogens is 399 g/mol. The maximum atomic E-state index is 13.1. The minimum absolute atomic E-state index is 0.0198. The number of hydrogen-bond acceptors (Lipinski definition) is 7. The number of rotatable bonds is 3. The summed E-state index contributed by atoms with van der Waals surface area (Å²) >= 11 is 0. The lowest BCUT2D eigenvalue weighted by Gasteiger charge is -2.09. The summed E-state index contributed by atoms with van der Waals surface area (Å²) in [5.74, 6) is 0.785. The van der Waals surface area contributed by atoms with Crippen LogP contribution in [0.15, 0.2) is 39.4 Å². The van der Waals surface area contributed by atoms with E-state index < -0.39 is 11.7 Å². The number of nitrogens with one attached hydrogen (secondary N) is 1. The molecule has 0 aliphatic carbocycles. The number of aryl methyl sites for hydroxylation is 1. The van der Waals surface area contributed by atoms with E-state index in [2.05, 4.69) is 25.6 Å². The molecule has 0 spiro atoms. The van der Waals surface area contributed by atoms with Crippen LogP contribution in [0.4, 0.5) is 13.2 Å². The highest BCUT2D eigenvalue weighted by Crippen LogP contribution is 2.36. The van der Waals surface area contributed by atoms with Crippen molar-refractivity contribution in [3.05, 3.63) is 47.4 Å². The molecule has 30 heavy (non-hydrogen) atoms. The molecule has 0 saturated carbocycles. The molecule has 1 atom stereocenters. The Kier molecular flexibility index (Phi) is 4.31. The smallest absolute Gasteiger partial charge is 0.335 e. The van der Waals surface area contributed by atoms with E-state index in [9.17, 15) is 13.2 Å². The van der Waals surface area contributed by atoms with Crippen molar-refractivity contribution < 1.29 is 22.2 Å². The lowest BCUT2D eigenvalue weighted by atomic mass is 10.0. The fraction of sp³-hybridized carbons (Fsp3) is 0.300. The van der Waals surface area contributed by atoms with Crippen LogP contribution < -0.4 is 5.32 Å². The largest absolute Gasteiger partial charge is 0.416 e. The van der Waals surface area contributed by atoms with Gasteiger partial charge in [0.05, 0.1) is 33.9 Å². The SMILES string of the molecule is Cc1noc2nc(-c3cccc(C(F)(F)F)c3)cc(-c3nc(C4CCCN4)no3)c12. The van der Waals surface area contributed by atoms with E-state index in [1.54, 1.807) is 19.1 Å². The van der Waals surface area contributed by atoms with Crippen LogP contribution >= 0.6 is 0 Å². The van der Waals surface area contributed by atoms with Gasteiger partial charge in [-0.15, -0.1) is 0 Å². The number of hydrogen-bond donors (Lipinski definition) is 1. The lowest BCUT2D eigenvalue weighted by Crippen LogP contribution is -2.14. The third-order valence-electron chi connectivity index (χ3n) is 5.15. The zero-order chi connectivity index (χ0) is 20.9. The number of pyridine rings is 1. The summed E-state index contributed by atoms with van der Waals surface area (Å²) in [7, 11) is 0. The number of fused-ring (bicyclic) bond motifs is 1. The highest BCUT2D eigenvalue weighted by atomic mass is 19.4. The van der Waals surface area contributed by atoms with E-state index in [1.165, 1.54) is 6.07 Å². The Hall–Kier alpha value is -3.27. The highest BCUT2D eigenvalue weighted by molar-refractivity contribution is 5.93. The third-order valence-corrected chi connectivity index (χ3v) is 5.15. The standard InChI is InChI=1S/C20H16F3N5O2/c1-10-16-13(18-26-17(28-29-18)14-6-3-7-24-14)9-15(25-19(16)30-27-10)11-4-2-5-12(8-11)20(21,22)23/h2,4-5,8-9,14,24H,3,6-7H2,1H3. The molecule has 0 bridgehead atoms.